The minimum atomic E-state index is -0.773. The molecule has 0 fully saturated rings. The Hall–Kier alpha value is -1.58. The summed E-state index contributed by atoms with van der Waals surface area (Å²) >= 11 is 3.29. The van der Waals surface area contributed by atoms with Crippen LogP contribution in [0.5, 0.6) is 0 Å². The number of nitrogens with one attached hydrogen (secondary N) is 1. The molecule has 0 heterocycles. The smallest absolute Gasteiger partial charge is 0.236 e. The number of nitriles is 1. The van der Waals surface area contributed by atoms with E-state index in [9.17, 15) is 4.79 Å². The van der Waals surface area contributed by atoms with Crippen molar-refractivity contribution in [3.8, 4) is 6.07 Å². The van der Waals surface area contributed by atoms with Gasteiger partial charge in [-0.15, -0.1) is 0 Å². The minimum Gasteiger partial charge on any atom is -0.382 e. The lowest BCUT2D eigenvalue weighted by atomic mass is 10.2. The molecule has 1 amide bonds. The number of hydrogen-bond acceptors (Lipinski definition) is 4. The van der Waals surface area contributed by atoms with Crippen LogP contribution in [0.1, 0.15) is 5.56 Å². The maximum Gasteiger partial charge on any atom is 0.236 e. The highest BCUT2D eigenvalue weighted by Gasteiger charge is 2.10. The predicted molar refractivity (Wildman–Crippen MR) is 64.5 cm³/mol. The molecule has 0 aromatic heterocycles. The van der Waals surface area contributed by atoms with E-state index in [2.05, 4.69) is 21.2 Å². The van der Waals surface area contributed by atoms with Gasteiger partial charge >= 0.3 is 0 Å². The second-order valence-corrected chi connectivity index (χ2v) is 4.11. The number of carbonyl (C=O) groups excluding carboxylic acids is 1. The zero-order valence-electron chi connectivity index (χ0n) is 8.40. The molecule has 5 N–H and O–H groups in total. The summed E-state index contributed by atoms with van der Waals surface area (Å²) in [5.74, 6) is -0.582. The number of primary amides is 1. The quantitative estimate of drug-likeness (QED) is 0.750. The van der Waals surface area contributed by atoms with Gasteiger partial charge in [0, 0.05) is 11.0 Å². The van der Waals surface area contributed by atoms with Crippen molar-refractivity contribution in [2.45, 2.75) is 6.04 Å². The highest BCUT2D eigenvalue weighted by molar-refractivity contribution is 9.10. The SMILES string of the molecule is N#Cc1ccc(Br)cc1NCC(N)C(N)=O. The molecule has 0 saturated heterocycles. The average molecular weight is 283 g/mol. The number of hydrogen-bond donors (Lipinski definition) is 3. The fourth-order valence-electron chi connectivity index (χ4n) is 1.08. The van der Waals surface area contributed by atoms with E-state index in [0.29, 0.717) is 11.3 Å². The first-order chi connectivity index (χ1) is 7.54. The second-order valence-electron chi connectivity index (χ2n) is 3.19. The van der Waals surface area contributed by atoms with Crippen LogP contribution in [0.15, 0.2) is 22.7 Å². The number of carbonyl (C=O) groups is 1. The van der Waals surface area contributed by atoms with Crippen LogP contribution in [0.25, 0.3) is 0 Å². The molecule has 5 nitrogen and oxygen atoms in total. The van der Waals surface area contributed by atoms with Gasteiger partial charge in [0.2, 0.25) is 5.91 Å². The van der Waals surface area contributed by atoms with Crippen LogP contribution in [0.4, 0.5) is 5.69 Å². The van der Waals surface area contributed by atoms with Gasteiger partial charge in [-0.25, -0.2) is 0 Å². The van der Waals surface area contributed by atoms with Crippen molar-refractivity contribution in [1.82, 2.24) is 0 Å². The molecule has 84 valence electrons. The normalized spacial score (nSPS) is 11.6. The Morgan fingerprint density at radius 3 is 2.88 bits per heavy atom. The Labute approximate surface area is 102 Å². The van der Waals surface area contributed by atoms with Crippen LogP contribution in [-0.2, 0) is 4.79 Å². The van der Waals surface area contributed by atoms with E-state index in [0.717, 1.165) is 4.47 Å². The van der Waals surface area contributed by atoms with E-state index in [1.54, 1.807) is 18.2 Å². The lowest BCUT2D eigenvalue weighted by Crippen LogP contribution is -2.41. The van der Waals surface area contributed by atoms with E-state index in [4.69, 9.17) is 16.7 Å². The molecule has 0 bridgehead atoms. The van der Waals surface area contributed by atoms with Gasteiger partial charge in [-0.05, 0) is 18.2 Å². The van der Waals surface area contributed by atoms with Gasteiger partial charge < -0.3 is 16.8 Å². The van der Waals surface area contributed by atoms with E-state index in [1.807, 2.05) is 6.07 Å². The molecule has 0 spiro atoms. The number of benzene rings is 1. The van der Waals surface area contributed by atoms with Crippen LogP contribution < -0.4 is 16.8 Å². The van der Waals surface area contributed by atoms with E-state index in [1.165, 1.54) is 0 Å². The number of halogens is 1. The van der Waals surface area contributed by atoms with Gasteiger partial charge in [0.25, 0.3) is 0 Å². The Kier molecular flexibility index (Phi) is 4.28. The highest BCUT2D eigenvalue weighted by Crippen LogP contribution is 2.20. The summed E-state index contributed by atoms with van der Waals surface area (Å²) in [6.07, 6.45) is 0. The molecule has 0 radical (unpaired) electrons. The Bertz CT molecular complexity index is 441. The zero-order valence-corrected chi connectivity index (χ0v) is 9.99. The Balaban J connectivity index is 2.77. The molecule has 6 heteroatoms. The van der Waals surface area contributed by atoms with Gasteiger partial charge in [-0.1, -0.05) is 15.9 Å². The molecule has 16 heavy (non-hydrogen) atoms. The number of rotatable bonds is 4. The molecule has 1 aromatic rings. The van der Waals surface area contributed by atoms with Crippen LogP contribution in [0.2, 0.25) is 0 Å². The van der Waals surface area contributed by atoms with Gasteiger partial charge in [-0.3, -0.25) is 4.79 Å². The maximum absolute atomic E-state index is 10.7. The number of amides is 1. The summed E-state index contributed by atoms with van der Waals surface area (Å²) in [5.41, 5.74) is 11.6. The predicted octanol–water partition coefficient (Wildman–Crippen LogP) is 0.545. The molecular weight excluding hydrogens is 272 g/mol. The van der Waals surface area contributed by atoms with Crippen LogP contribution in [0.3, 0.4) is 0 Å². The molecule has 0 aliphatic heterocycles. The number of nitrogens with zero attached hydrogens (tertiary/aromatic N) is 1. The first kappa shape index (κ1) is 12.5. The summed E-state index contributed by atoms with van der Waals surface area (Å²) in [4.78, 5) is 10.7. The fraction of sp³-hybridized carbons (Fsp3) is 0.200. The van der Waals surface area contributed by atoms with Crippen LogP contribution in [0, 0.1) is 11.3 Å². The van der Waals surface area contributed by atoms with Crippen LogP contribution >= 0.6 is 15.9 Å². The maximum atomic E-state index is 10.7. The zero-order chi connectivity index (χ0) is 12.1. The van der Waals surface area contributed by atoms with E-state index in [-0.39, 0.29) is 6.54 Å². The molecule has 1 rings (SSSR count). The largest absolute Gasteiger partial charge is 0.382 e. The summed E-state index contributed by atoms with van der Waals surface area (Å²) < 4.78 is 0.835. The molecule has 1 unspecified atom stereocenters. The Morgan fingerprint density at radius 2 is 2.31 bits per heavy atom. The summed E-state index contributed by atoms with van der Waals surface area (Å²) in [6.45, 7) is 0.195. The van der Waals surface area contributed by atoms with Crippen molar-refractivity contribution in [3.05, 3.63) is 28.2 Å². The Morgan fingerprint density at radius 1 is 1.62 bits per heavy atom. The van der Waals surface area contributed by atoms with Crippen molar-refractivity contribution in [2.75, 3.05) is 11.9 Å². The monoisotopic (exact) mass is 282 g/mol. The van der Waals surface area contributed by atoms with Crippen molar-refractivity contribution in [2.24, 2.45) is 11.5 Å². The van der Waals surface area contributed by atoms with E-state index >= 15 is 0 Å². The number of anilines is 1. The van der Waals surface area contributed by atoms with Gasteiger partial charge in [-0.2, -0.15) is 5.26 Å². The summed E-state index contributed by atoms with van der Waals surface area (Å²) in [7, 11) is 0. The standard InChI is InChI=1S/C10H11BrN4O/c11-7-2-1-6(4-12)9(3-7)15-5-8(13)10(14)16/h1-3,8,15H,5,13H2,(H2,14,16). The van der Waals surface area contributed by atoms with Gasteiger partial charge in [0.05, 0.1) is 11.3 Å². The topological polar surface area (TPSA) is 105 Å². The van der Waals surface area contributed by atoms with Gasteiger partial charge in [0.15, 0.2) is 0 Å². The van der Waals surface area contributed by atoms with Crippen molar-refractivity contribution >= 4 is 27.5 Å². The molecule has 1 aromatic carbocycles. The molecule has 0 saturated carbocycles. The highest BCUT2D eigenvalue weighted by atomic mass is 79.9. The summed E-state index contributed by atoms with van der Waals surface area (Å²) in [6, 6.07) is 6.44. The number of nitrogens with two attached hydrogens (primary N) is 2. The lowest BCUT2D eigenvalue weighted by Gasteiger charge is -2.11. The van der Waals surface area contributed by atoms with Crippen molar-refractivity contribution in [1.29, 1.82) is 5.26 Å². The minimum absolute atomic E-state index is 0.195. The van der Waals surface area contributed by atoms with Gasteiger partial charge in [0.1, 0.15) is 12.1 Å². The molecule has 0 aliphatic carbocycles. The summed E-state index contributed by atoms with van der Waals surface area (Å²) in [5, 5.41) is 11.8. The third-order valence-electron chi connectivity index (χ3n) is 1.98. The van der Waals surface area contributed by atoms with Crippen LogP contribution in [-0.4, -0.2) is 18.5 Å². The van der Waals surface area contributed by atoms with E-state index < -0.39 is 11.9 Å². The average Bonchev–Trinajstić information content (AvgIpc) is 2.25. The van der Waals surface area contributed by atoms with Crippen molar-refractivity contribution < 1.29 is 4.79 Å². The molecule has 1 atom stereocenters. The molecular formula is C10H11BrN4O. The third kappa shape index (κ3) is 3.22. The third-order valence-corrected chi connectivity index (χ3v) is 2.47. The fourth-order valence-corrected chi connectivity index (χ4v) is 1.44. The molecule has 0 aliphatic rings. The first-order valence-corrected chi connectivity index (χ1v) is 5.32. The van der Waals surface area contributed by atoms with Crippen molar-refractivity contribution in [3.63, 3.8) is 0 Å². The lowest BCUT2D eigenvalue weighted by molar-refractivity contribution is -0.118. The second kappa shape index (κ2) is 5.49. The first-order valence-electron chi connectivity index (χ1n) is 4.53.